The number of rotatable bonds is 5. The Bertz CT molecular complexity index is 397. The van der Waals surface area contributed by atoms with Gasteiger partial charge in [0.25, 0.3) is 5.91 Å². The van der Waals surface area contributed by atoms with Crippen molar-refractivity contribution in [2.75, 3.05) is 19.0 Å². The van der Waals surface area contributed by atoms with Crippen molar-refractivity contribution in [1.82, 2.24) is 5.32 Å². The van der Waals surface area contributed by atoms with Crippen LogP contribution in [0.25, 0.3) is 0 Å². The molecule has 0 radical (unpaired) electrons. The minimum Gasteiger partial charge on any atom is -0.484 e. The summed E-state index contributed by atoms with van der Waals surface area (Å²) in [5.74, 6) is 0.697. The van der Waals surface area contributed by atoms with E-state index in [1.165, 1.54) is 19.3 Å². The van der Waals surface area contributed by atoms with Crippen molar-refractivity contribution >= 4 is 11.6 Å². The van der Waals surface area contributed by atoms with Gasteiger partial charge in [-0.25, -0.2) is 0 Å². The minimum atomic E-state index is -0.0235. The van der Waals surface area contributed by atoms with Crippen molar-refractivity contribution in [1.29, 1.82) is 0 Å². The summed E-state index contributed by atoms with van der Waals surface area (Å²) < 4.78 is 5.47. The lowest BCUT2D eigenvalue weighted by Crippen LogP contribution is -2.38. The van der Waals surface area contributed by atoms with Crippen molar-refractivity contribution in [3.05, 3.63) is 24.3 Å². The van der Waals surface area contributed by atoms with E-state index < -0.39 is 0 Å². The van der Waals surface area contributed by atoms with Crippen molar-refractivity contribution in [2.24, 2.45) is 0 Å². The maximum Gasteiger partial charge on any atom is 0.258 e. The van der Waals surface area contributed by atoms with E-state index in [0.717, 1.165) is 24.3 Å². The molecule has 104 valence electrons. The summed E-state index contributed by atoms with van der Waals surface area (Å²) in [5, 5.41) is 6.07. The van der Waals surface area contributed by atoms with E-state index in [-0.39, 0.29) is 12.5 Å². The highest BCUT2D eigenvalue weighted by Crippen LogP contribution is 2.17. The third-order valence-electron chi connectivity index (χ3n) is 3.48. The highest BCUT2D eigenvalue weighted by atomic mass is 16.5. The lowest BCUT2D eigenvalue weighted by Gasteiger charge is -2.22. The van der Waals surface area contributed by atoms with E-state index in [0.29, 0.717) is 6.04 Å². The van der Waals surface area contributed by atoms with E-state index in [1.54, 1.807) is 0 Å². The molecule has 4 nitrogen and oxygen atoms in total. The number of nitrogens with one attached hydrogen (secondary N) is 2. The Morgan fingerprint density at radius 1 is 1.21 bits per heavy atom. The molecule has 0 atom stereocenters. The van der Waals surface area contributed by atoms with Gasteiger partial charge in [0.15, 0.2) is 6.61 Å². The van der Waals surface area contributed by atoms with Gasteiger partial charge in [0.2, 0.25) is 0 Å². The summed E-state index contributed by atoms with van der Waals surface area (Å²) in [6, 6.07) is 7.92. The predicted molar refractivity (Wildman–Crippen MR) is 76.5 cm³/mol. The van der Waals surface area contributed by atoms with E-state index >= 15 is 0 Å². The van der Waals surface area contributed by atoms with Crippen molar-refractivity contribution in [3.8, 4) is 5.75 Å². The molecular weight excluding hydrogens is 240 g/mol. The molecule has 0 aromatic heterocycles. The van der Waals surface area contributed by atoms with Crippen LogP contribution in [0.4, 0.5) is 5.69 Å². The van der Waals surface area contributed by atoms with Crippen LogP contribution in [0.1, 0.15) is 32.1 Å². The maximum absolute atomic E-state index is 11.8. The molecule has 2 rings (SSSR count). The molecule has 4 heteroatoms. The van der Waals surface area contributed by atoms with Gasteiger partial charge < -0.3 is 15.4 Å². The van der Waals surface area contributed by atoms with Crippen molar-refractivity contribution < 1.29 is 9.53 Å². The predicted octanol–water partition coefficient (Wildman–Crippen LogP) is 2.56. The minimum absolute atomic E-state index is 0.0235. The molecule has 1 aromatic carbocycles. The van der Waals surface area contributed by atoms with Gasteiger partial charge in [-0.15, -0.1) is 0 Å². The normalized spacial score (nSPS) is 15.8. The van der Waals surface area contributed by atoms with Gasteiger partial charge in [0.05, 0.1) is 0 Å². The van der Waals surface area contributed by atoms with Crippen LogP contribution in [0.15, 0.2) is 24.3 Å². The lowest BCUT2D eigenvalue weighted by atomic mass is 9.95. The average Bonchev–Trinajstić information content (AvgIpc) is 2.47. The van der Waals surface area contributed by atoms with Crippen LogP contribution in [0.5, 0.6) is 5.75 Å². The molecule has 1 aromatic rings. The Morgan fingerprint density at radius 3 is 2.53 bits per heavy atom. The molecule has 0 heterocycles. The fraction of sp³-hybridized carbons (Fsp3) is 0.533. The second kappa shape index (κ2) is 7.02. The topological polar surface area (TPSA) is 50.4 Å². The van der Waals surface area contributed by atoms with Crippen LogP contribution >= 0.6 is 0 Å². The van der Waals surface area contributed by atoms with Crippen LogP contribution in [0.2, 0.25) is 0 Å². The van der Waals surface area contributed by atoms with E-state index in [1.807, 2.05) is 31.3 Å². The number of hydrogen-bond donors (Lipinski definition) is 2. The quantitative estimate of drug-likeness (QED) is 0.857. The molecule has 1 amide bonds. The first-order chi connectivity index (χ1) is 9.28. The smallest absolute Gasteiger partial charge is 0.258 e. The van der Waals surface area contributed by atoms with E-state index in [2.05, 4.69) is 10.6 Å². The molecule has 1 fully saturated rings. The molecular formula is C15H22N2O2. The van der Waals surface area contributed by atoms with Crippen molar-refractivity contribution in [3.63, 3.8) is 0 Å². The summed E-state index contributed by atoms with van der Waals surface area (Å²) in [7, 11) is 1.87. The molecule has 0 aliphatic heterocycles. The summed E-state index contributed by atoms with van der Waals surface area (Å²) in [6.07, 6.45) is 5.93. The number of anilines is 1. The molecule has 0 bridgehead atoms. The molecule has 0 unspecified atom stereocenters. The third-order valence-corrected chi connectivity index (χ3v) is 3.48. The second-order valence-corrected chi connectivity index (χ2v) is 4.97. The largest absolute Gasteiger partial charge is 0.484 e. The zero-order valence-electron chi connectivity index (χ0n) is 11.4. The first-order valence-electron chi connectivity index (χ1n) is 6.98. The molecule has 1 aliphatic carbocycles. The number of benzene rings is 1. The fourth-order valence-corrected chi connectivity index (χ4v) is 2.38. The fourth-order valence-electron chi connectivity index (χ4n) is 2.38. The highest BCUT2D eigenvalue weighted by molar-refractivity contribution is 5.77. The first kappa shape index (κ1) is 13.7. The summed E-state index contributed by atoms with van der Waals surface area (Å²) in [6.45, 7) is 0.0927. The van der Waals surface area contributed by atoms with Crippen LogP contribution < -0.4 is 15.4 Å². The standard InChI is InChI=1S/C15H22N2O2/c1-16-12-7-9-14(10-8-12)19-11-15(18)17-13-5-3-2-4-6-13/h7-10,13,16H,2-6,11H2,1H3,(H,17,18). The lowest BCUT2D eigenvalue weighted by molar-refractivity contribution is -0.124. The van der Waals surface area contributed by atoms with Crippen LogP contribution in [0, 0.1) is 0 Å². The third kappa shape index (κ3) is 4.47. The molecule has 1 aliphatic rings. The van der Waals surface area contributed by atoms with Gasteiger partial charge in [-0.3, -0.25) is 4.79 Å². The Kier molecular flexibility index (Phi) is 5.07. The molecule has 2 N–H and O–H groups in total. The summed E-state index contributed by atoms with van der Waals surface area (Å²) in [5.41, 5.74) is 1.03. The van der Waals surface area contributed by atoms with E-state index in [9.17, 15) is 4.79 Å². The Morgan fingerprint density at radius 2 is 1.89 bits per heavy atom. The van der Waals surface area contributed by atoms with Gasteiger partial charge in [-0.05, 0) is 37.1 Å². The SMILES string of the molecule is CNc1ccc(OCC(=O)NC2CCCCC2)cc1. The average molecular weight is 262 g/mol. The second-order valence-electron chi connectivity index (χ2n) is 4.97. The van der Waals surface area contributed by atoms with Crippen molar-refractivity contribution in [2.45, 2.75) is 38.1 Å². The van der Waals surface area contributed by atoms with Gasteiger partial charge in [0, 0.05) is 18.8 Å². The van der Waals surface area contributed by atoms with Crippen LogP contribution in [-0.4, -0.2) is 25.6 Å². The molecule has 0 saturated heterocycles. The Labute approximate surface area is 114 Å². The van der Waals surface area contributed by atoms with Crippen LogP contribution in [-0.2, 0) is 4.79 Å². The number of carbonyl (C=O) groups excluding carboxylic acids is 1. The monoisotopic (exact) mass is 262 g/mol. The number of ether oxygens (including phenoxy) is 1. The Hall–Kier alpha value is -1.71. The maximum atomic E-state index is 11.8. The van der Waals surface area contributed by atoms with Gasteiger partial charge >= 0.3 is 0 Å². The number of hydrogen-bond acceptors (Lipinski definition) is 3. The molecule has 19 heavy (non-hydrogen) atoms. The summed E-state index contributed by atoms with van der Waals surface area (Å²) >= 11 is 0. The van der Waals surface area contributed by atoms with Gasteiger partial charge in [-0.2, -0.15) is 0 Å². The van der Waals surface area contributed by atoms with Gasteiger partial charge in [0.1, 0.15) is 5.75 Å². The summed E-state index contributed by atoms with van der Waals surface area (Å²) in [4.78, 5) is 11.8. The van der Waals surface area contributed by atoms with Crippen LogP contribution in [0.3, 0.4) is 0 Å². The first-order valence-corrected chi connectivity index (χ1v) is 6.98. The Balaban J connectivity index is 1.72. The molecule has 0 spiro atoms. The van der Waals surface area contributed by atoms with E-state index in [4.69, 9.17) is 4.74 Å². The van der Waals surface area contributed by atoms with Gasteiger partial charge in [-0.1, -0.05) is 19.3 Å². The zero-order chi connectivity index (χ0) is 13.5. The number of amides is 1. The highest BCUT2D eigenvalue weighted by Gasteiger charge is 2.15. The zero-order valence-corrected chi connectivity index (χ0v) is 11.4. The number of carbonyl (C=O) groups is 1. The molecule has 1 saturated carbocycles.